The third-order valence-corrected chi connectivity index (χ3v) is 3.15. The van der Waals surface area contributed by atoms with Crippen LogP contribution in [0.25, 0.3) is 0 Å². The second-order valence-electron chi connectivity index (χ2n) is 4.96. The molecule has 1 heterocycles. The summed E-state index contributed by atoms with van der Waals surface area (Å²) in [5.74, 6) is -0.511. The SMILES string of the molecule is CC1Oc2ccc(C(C)C)cc2N(CC(=O)O)C1=O. The summed E-state index contributed by atoms with van der Waals surface area (Å²) in [4.78, 5) is 24.2. The number of carbonyl (C=O) groups is 2. The molecule has 1 aliphatic rings. The van der Waals surface area contributed by atoms with Gasteiger partial charge in [-0.1, -0.05) is 19.9 Å². The number of carbonyl (C=O) groups excluding carboxylic acids is 1. The molecule has 102 valence electrons. The molecule has 0 fully saturated rings. The number of fused-ring (bicyclic) bond motifs is 1. The zero-order valence-corrected chi connectivity index (χ0v) is 11.2. The van der Waals surface area contributed by atoms with Crippen molar-refractivity contribution in [3.8, 4) is 5.75 Å². The van der Waals surface area contributed by atoms with E-state index in [1.54, 1.807) is 13.0 Å². The average molecular weight is 263 g/mol. The predicted molar refractivity (Wildman–Crippen MR) is 70.6 cm³/mol. The van der Waals surface area contributed by atoms with E-state index in [0.29, 0.717) is 17.4 Å². The fraction of sp³-hybridized carbons (Fsp3) is 0.429. The van der Waals surface area contributed by atoms with Crippen molar-refractivity contribution < 1.29 is 19.4 Å². The fourth-order valence-electron chi connectivity index (χ4n) is 2.08. The quantitative estimate of drug-likeness (QED) is 0.905. The van der Waals surface area contributed by atoms with Crippen LogP contribution in [0.2, 0.25) is 0 Å². The van der Waals surface area contributed by atoms with Crippen LogP contribution in [0.4, 0.5) is 5.69 Å². The van der Waals surface area contributed by atoms with Gasteiger partial charge in [0.1, 0.15) is 12.3 Å². The molecule has 1 aromatic carbocycles. The van der Waals surface area contributed by atoms with Crippen molar-refractivity contribution in [2.24, 2.45) is 0 Å². The van der Waals surface area contributed by atoms with Gasteiger partial charge in [-0.15, -0.1) is 0 Å². The fourth-order valence-corrected chi connectivity index (χ4v) is 2.08. The first-order valence-corrected chi connectivity index (χ1v) is 6.24. The number of carboxylic acid groups (broad SMARTS) is 1. The van der Waals surface area contributed by atoms with Gasteiger partial charge in [0, 0.05) is 0 Å². The summed E-state index contributed by atoms with van der Waals surface area (Å²) in [6, 6.07) is 5.56. The standard InChI is InChI=1S/C14H17NO4/c1-8(2)10-4-5-12-11(6-10)15(7-13(16)17)14(18)9(3)19-12/h4-6,8-9H,7H2,1-3H3,(H,16,17). The zero-order chi connectivity index (χ0) is 14.2. The van der Waals surface area contributed by atoms with E-state index < -0.39 is 12.1 Å². The van der Waals surface area contributed by atoms with Crippen LogP contribution in [0.1, 0.15) is 32.3 Å². The number of carboxylic acids is 1. The first-order chi connectivity index (χ1) is 8.90. The minimum Gasteiger partial charge on any atom is -0.480 e. The Bertz CT molecular complexity index is 524. The Morgan fingerprint density at radius 3 is 2.74 bits per heavy atom. The van der Waals surface area contributed by atoms with Gasteiger partial charge in [0.25, 0.3) is 5.91 Å². The Hall–Kier alpha value is -2.04. The van der Waals surface area contributed by atoms with Crippen LogP contribution in [0.3, 0.4) is 0 Å². The van der Waals surface area contributed by atoms with Gasteiger partial charge >= 0.3 is 5.97 Å². The molecular weight excluding hydrogens is 246 g/mol. The second-order valence-corrected chi connectivity index (χ2v) is 4.96. The van der Waals surface area contributed by atoms with Crippen molar-refractivity contribution in [1.82, 2.24) is 0 Å². The summed E-state index contributed by atoms with van der Waals surface area (Å²) in [6.07, 6.45) is -0.656. The van der Waals surface area contributed by atoms with Crippen molar-refractivity contribution in [2.45, 2.75) is 32.8 Å². The maximum Gasteiger partial charge on any atom is 0.323 e. The molecule has 5 nitrogen and oxygen atoms in total. The molecule has 0 aliphatic carbocycles. The van der Waals surface area contributed by atoms with Crippen LogP contribution < -0.4 is 9.64 Å². The lowest BCUT2D eigenvalue weighted by molar-refractivity contribution is -0.137. The molecule has 1 atom stereocenters. The summed E-state index contributed by atoms with van der Waals surface area (Å²) in [6.45, 7) is 5.35. The smallest absolute Gasteiger partial charge is 0.323 e. The third-order valence-electron chi connectivity index (χ3n) is 3.15. The largest absolute Gasteiger partial charge is 0.480 e. The van der Waals surface area contributed by atoms with Crippen LogP contribution in [-0.4, -0.2) is 29.6 Å². The first-order valence-electron chi connectivity index (χ1n) is 6.24. The molecule has 0 saturated heterocycles. The number of amides is 1. The van der Waals surface area contributed by atoms with Gasteiger partial charge in [0.05, 0.1) is 5.69 Å². The maximum atomic E-state index is 12.0. The van der Waals surface area contributed by atoms with E-state index in [0.717, 1.165) is 5.56 Å². The summed E-state index contributed by atoms with van der Waals surface area (Å²) < 4.78 is 5.51. The van der Waals surface area contributed by atoms with Crippen molar-refractivity contribution in [3.63, 3.8) is 0 Å². The minimum atomic E-state index is -1.04. The van der Waals surface area contributed by atoms with E-state index >= 15 is 0 Å². The van der Waals surface area contributed by atoms with Gasteiger partial charge in [0.2, 0.25) is 0 Å². The number of hydrogen-bond donors (Lipinski definition) is 1. The summed E-state index contributed by atoms with van der Waals surface area (Å²) in [7, 11) is 0. The second kappa shape index (κ2) is 4.91. The predicted octanol–water partition coefficient (Wildman–Crippen LogP) is 2.01. The molecule has 0 saturated carbocycles. The number of rotatable bonds is 3. The number of aliphatic carboxylic acids is 1. The molecule has 1 N–H and O–H groups in total. The van der Waals surface area contributed by atoms with Gasteiger partial charge < -0.3 is 9.84 Å². The summed E-state index contributed by atoms with van der Waals surface area (Å²) in [5, 5.41) is 8.94. The lowest BCUT2D eigenvalue weighted by atomic mass is 10.0. The van der Waals surface area contributed by atoms with Crippen molar-refractivity contribution in [2.75, 3.05) is 11.4 Å². The van der Waals surface area contributed by atoms with E-state index in [9.17, 15) is 9.59 Å². The number of benzene rings is 1. The number of hydrogen-bond acceptors (Lipinski definition) is 3. The van der Waals surface area contributed by atoms with Crippen molar-refractivity contribution in [1.29, 1.82) is 0 Å². The average Bonchev–Trinajstić information content (AvgIpc) is 2.34. The molecule has 0 spiro atoms. The molecule has 0 bridgehead atoms. The maximum absolute atomic E-state index is 12.0. The highest BCUT2D eigenvalue weighted by Gasteiger charge is 2.32. The third kappa shape index (κ3) is 2.54. The van der Waals surface area contributed by atoms with Crippen LogP contribution in [0.5, 0.6) is 5.75 Å². The molecule has 1 unspecified atom stereocenters. The van der Waals surface area contributed by atoms with E-state index in [1.807, 2.05) is 26.0 Å². The lowest BCUT2D eigenvalue weighted by Crippen LogP contribution is -2.46. The van der Waals surface area contributed by atoms with Crippen LogP contribution in [-0.2, 0) is 9.59 Å². The first kappa shape index (κ1) is 13.4. The number of anilines is 1. The highest BCUT2D eigenvalue weighted by atomic mass is 16.5. The summed E-state index contributed by atoms with van der Waals surface area (Å²) >= 11 is 0. The van der Waals surface area contributed by atoms with Crippen LogP contribution in [0.15, 0.2) is 18.2 Å². The van der Waals surface area contributed by atoms with Gasteiger partial charge in [-0.3, -0.25) is 14.5 Å². The highest BCUT2D eigenvalue weighted by Crippen LogP contribution is 2.36. The number of ether oxygens (including phenoxy) is 1. The Kier molecular flexibility index (Phi) is 3.46. The monoisotopic (exact) mass is 263 g/mol. The molecule has 2 rings (SSSR count). The number of nitrogens with zero attached hydrogens (tertiary/aromatic N) is 1. The van der Waals surface area contributed by atoms with Gasteiger partial charge in [0.15, 0.2) is 6.10 Å². The van der Waals surface area contributed by atoms with Crippen LogP contribution >= 0.6 is 0 Å². The Morgan fingerprint density at radius 1 is 1.47 bits per heavy atom. The van der Waals surface area contributed by atoms with E-state index in [-0.39, 0.29) is 12.5 Å². The van der Waals surface area contributed by atoms with E-state index in [2.05, 4.69) is 0 Å². The highest BCUT2D eigenvalue weighted by molar-refractivity contribution is 6.02. The molecular formula is C14H17NO4. The Labute approximate surface area is 111 Å². The van der Waals surface area contributed by atoms with Gasteiger partial charge in [-0.25, -0.2) is 0 Å². The lowest BCUT2D eigenvalue weighted by Gasteiger charge is -2.32. The molecule has 0 aromatic heterocycles. The molecule has 19 heavy (non-hydrogen) atoms. The van der Waals surface area contributed by atoms with Crippen molar-refractivity contribution in [3.05, 3.63) is 23.8 Å². The molecule has 1 aromatic rings. The molecule has 1 aliphatic heterocycles. The molecule has 1 amide bonds. The summed E-state index contributed by atoms with van der Waals surface area (Å²) in [5.41, 5.74) is 1.58. The minimum absolute atomic E-state index is 0.298. The topological polar surface area (TPSA) is 66.8 Å². The van der Waals surface area contributed by atoms with E-state index in [1.165, 1.54) is 4.90 Å². The van der Waals surface area contributed by atoms with Gasteiger partial charge in [-0.05, 0) is 30.5 Å². The van der Waals surface area contributed by atoms with E-state index in [4.69, 9.17) is 9.84 Å². The molecule has 0 radical (unpaired) electrons. The zero-order valence-electron chi connectivity index (χ0n) is 11.2. The van der Waals surface area contributed by atoms with Crippen molar-refractivity contribution >= 4 is 17.6 Å². The van der Waals surface area contributed by atoms with Crippen LogP contribution in [0, 0.1) is 0 Å². The Balaban J connectivity index is 2.47. The Morgan fingerprint density at radius 2 is 2.16 bits per heavy atom. The normalized spacial score (nSPS) is 18.2. The molecule has 5 heteroatoms. The van der Waals surface area contributed by atoms with Gasteiger partial charge in [-0.2, -0.15) is 0 Å².